The molecule has 2 aliphatic heterocycles. The Hall–Kier alpha value is -2.83. The van der Waals surface area contributed by atoms with E-state index in [0.717, 1.165) is 48.9 Å². The van der Waals surface area contributed by atoms with Gasteiger partial charge in [0, 0.05) is 43.3 Å². The van der Waals surface area contributed by atoms with Gasteiger partial charge in [0.2, 0.25) is 6.79 Å². The highest BCUT2D eigenvalue weighted by Crippen LogP contribution is 2.36. The Morgan fingerprint density at radius 3 is 2.82 bits per heavy atom. The van der Waals surface area contributed by atoms with E-state index in [-0.39, 0.29) is 6.79 Å². The number of hydrogen-bond donors (Lipinski definition) is 1. The molecule has 6 heteroatoms. The molecule has 1 aromatic heterocycles. The summed E-state index contributed by atoms with van der Waals surface area (Å²) in [6, 6.07) is 17.2. The summed E-state index contributed by atoms with van der Waals surface area (Å²) in [6.45, 7) is 4.27. The predicted molar refractivity (Wildman–Crippen MR) is 107 cm³/mol. The molecular formula is C22H24N4O2. The standard InChI is InChI=1S/C22H24N4O2/c1-25-9-10-26(14-19(25)16-5-3-2-4-6-16)13-18-12-23-24-22(18)17-7-8-20-21(11-17)28-15-27-20/h2-8,11-12,19H,9-10,13-15H2,1H3,(H,23,24). The van der Waals surface area contributed by atoms with E-state index in [0.29, 0.717) is 6.04 Å². The summed E-state index contributed by atoms with van der Waals surface area (Å²) in [6.07, 6.45) is 1.94. The molecule has 0 radical (unpaired) electrons. The number of piperazine rings is 1. The van der Waals surface area contributed by atoms with Crippen LogP contribution in [0.1, 0.15) is 17.2 Å². The third-order valence-electron chi connectivity index (χ3n) is 5.69. The zero-order chi connectivity index (χ0) is 18.9. The van der Waals surface area contributed by atoms with Crippen LogP contribution in [0.15, 0.2) is 54.7 Å². The van der Waals surface area contributed by atoms with Crippen LogP contribution in [0.5, 0.6) is 11.5 Å². The minimum absolute atomic E-state index is 0.288. The average molecular weight is 376 g/mol. The van der Waals surface area contributed by atoms with Gasteiger partial charge >= 0.3 is 0 Å². The molecule has 3 aromatic rings. The van der Waals surface area contributed by atoms with Gasteiger partial charge in [-0.15, -0.1) is 0 Å². The van der Waals surface area contributed by atoms with Gasteiger partial charge in [0.25, 0.3) is 0 Å². The Balaban J connectivity index is 1.35. The molecule has 0 saturated carbocycles. The van der Waals surface area contributed by atoms with Crippen LogP contribution in [0.25, 0.3) is 11.3 Å². The Morgan fingerprint density at radius 1 is 1.07 bits per heavy atom. The second-order valence-electron chi connectivity index (χ2n) is 7.48. The summed E-state index contributed by atoms with van der Waals surface area (Å²) in [5.74, 6) is 1.59. The van der Waals surface area contributed by atoms with Gasteiger partial charge in [0.1, 0.15) is 0 Å². The van der Waals surface area contributed by atoms with Gasteiger partial charge in [-0.1, -0.05) is 30.3 Å². The Labute approximate surface area is 164 Å². The third-order valence-corrected chi connectivity index (χ3v) is 5.69. The Kier molecular flexibility index (Phi) is 4.50. The topological polar surface area (TPSA) is 53.6 Å². The van der Waals surface area contributed by atoms with Crippen LogP contribution >= 0.6 is 0 Å². The number of nitrogens with zero attached hydrogens (tertiary/aromatic N) is 3. The van der Waals surface area contributed by atoms with E-state index in [1.165, 1.54) is 11.1 Å². The summed E-state index contributed by atoms with van der Waals surface area (Å²) in [5.41, 5.74) is 4.70. The Bertz CT molecular complexity index is 956. The highest BCUT2D eigenvalue weighted by Gasteiger charge is 2.26. The van der Waals surface area contributed by atoms with Crippen molar-refractivity contribution in [2.75, 3.05) is 33.5 Å². The second kappa shape index (κ2) is 7.30. The third kappa shape index (κ3) is 3.25. The fraction of sp³-hybridized carbons (Fsp3) is 0.318. The maximum absolute atomic E-state index is 5.53. The van der Waals surface area contributed by atoms with Crippen molar-refractivity contribution in [2.24, 2.45) is 0 Å². The quantitative estimate of drug-likeness (QED) is 0.757. The van der Waals surface area contributed by atoms with Crippen molar-refractivity contribution < 1.29 is 9.47 Å². The predicted octanol–water partition coefficient (Wildman–Crippen LogP) is 3.29. The number of ether oxygens (including phenoxy) is 2. The number of rotatable bonds is 4. The molecular weight excluding hydrogens is 352 g/mol. The molecule has 0 bridgehead atoms. The molecule has 2 aromatic carbocycles. The lowest BCUT2D eigenvalue weighted by molar-refractivity contribution is 0.0906. The SMILES string of the molecule is CN1CCN(Cc2cn[nH]c2-c2ccc3c(c2)OCO3)CC1c1ccccc1. The molecule has 5 rings (SSSR count). The summed E-state index contributed by atoms with van der Waals surface area (Å²) >= 11 is 0. The van der Waals surface area contributed by atoms with Gasteiger partial charge in [0.05, 0.1) is 11.9 Å². The number of fused-ring (bicyclic) bond motifs is 1. The number of aromatic nitrogens is 2. The van der Waals surface area contributed by atoms with Gasteiger partial charge in [-0.05, 0) is 30.8 Å². The maximum Gasteiger partial charge on any atom is 0.231 e. The minimum Gasteiger partial charge on any atom is -0.454 e. The first-order valence-electron chi connectivity index (χ1n) is 9.68. The lowest BCUT2D eigenvalue weighted by Gasteiger charge is -2.39. The van der Waals surface area contributed by atoms with E-state index < -0.39 is 0 Å². The van der Waals surface area contributed by atoms with Gasteiger partial charge < -0.3 is 9.47 Å². The molecule has 0 amide bonds. The number of nitrogens with one attached hydrogen (secondary N) is 1. The average Bonchev–Trinajstić information content (AvgIpc) is 3.38. The number of benzene rings is 2. The van der Waals surface area contributed by atoms with Crippen LogP contribution in [0.2, 0.25) is 0 Å². The van der Waals surface area contributed by atoms with Crippen LogP contribution in [0.4, 0.5) is 0 Å². The Morgan fingerprint density at radius 2 is 1.93 bits per heavy atom. The molecule has 3 heterocycles. The zero-order valence-corrected chi connectivity index (χ0v) is 16.0. The van der Waals surface area contributed by atoms with E-state index in [9.17, 15) is 0 Å². The number of hydrogen-bond acceptors (Lipinski definition) is 5. The van der Waals surface area contributed by atoms with Crippen LogP contribution in [-0.2, 0) is 6.54 Å². The first kappa shape index (κ1) is 17.3. The zero-order valence-electron chi connectivity index (χ0n) is 16.0. The highest BCUT2D eigenvalue weighted by molar-refractivity contribution is 5.66. The molecule has 1 atom stereocenters. The van der Waals surface area contributed by atoms with E-state index >= 15 is 0 Å². The summed E-state index contributed by atoms with van der Waals surface area (Å²) in [4.78, 5) is 4.96. The van der Waals surface area contributed by atoms with Crippen LogP contribution in [0.3, 0.4) is 0 Å². The molecule has 0 spiro atoms. The second-order valence-corrected chi connectivity index (χ2v) is 7.48. The van der Waals surface area contributed by atoms with Crippen molar-refractivity contribution in [3.05, 3.63) is 65.9 Å². The summed E-state index contributed by atoms with van der Waals surface area (Å²) < 4.78 is 11.0. The summed E-state index contributed by atoms with van der Waals surface area (Å²) in [5, 5.41) is 7.49. The molecule has 0 aliphatic carbocycles. The molecule has 1 N–H and O–H groups in total. The molecule has 2 aliphatic rings. The van der Waals surface area contributed by atoms with Gasteiger partial charge in [0.15, 0.2) is 11.5 Å². The van der Waals surface area contributed by atoms with E-state index in [2.05, 4.69) is 63.4 Å². The molecule has 144 valence electrons. The number of likely N-dealkylation sites (N-methyl/N-ethyl adjacent to an activating group) is 1. The number of H-pyrrole nitrogens is 1. The maximum atomic E-state index is 5.53. The molecule has 1 saturated heterocycles. The van der Waals surface area contributed by atoms with Crippen LogP contribution in [-0.4, -0.2) is 53.5 Å². The van der Waals surface area contributed by atoms with E-state index in [1.807, 2.05) is 18.3 Å². The molecule has 1 fully saturated rings. The fourth-order valence-corrected chi connectivity index (χ4v) is 4.08. The molecule has 6 nitrogen and oxygen atoms in total. The lowest BCUT2D eigenvalue weighted by Crippen LogP contribution is -2.46. The molecule has 28 heavy (non-hydrogen) atoms. The minimum atomic E-state index is 0.288. The smallest absolute Gasteiger partial charge is 0.231 e. The lowest BCUT2D eigenvalue weighted by atomic mass is 10.0. The largest absolute Gasteiger partial charge is 0.454 e. The van der Waals surface area contributed by atoms with Crippen molar-refractivity contribution >= 4 is 0 Å². The highest BCUT2D eigenvalue weighted by atomic mass is 16.7. The van der Waals surface area contributed by atoms with Crippen LogP contribution in [0, 0.1) is 0 Å². The fourth-order valence-electron chi connectivity index (χ4n) is 4.08. The first-order chi connectivity index (χ1) is 13.8. The van der Waals surface area contributed by atoms with Crippen molar-refractivity contribution in [1.82, 2.24) is 20.0 Å². The van der Waals surface area contributed by atoms with E-state index in [4.69, 9.17) is 9.47 Å². The normalized spacial score (nSPS) is 19.8. The monoisotopic (exact) mass is 376 g/mol. The van der Waals surface area contributed by atoms with Crippen LogP contribution < -0.4 is 9.47 Å². The van der Waals surface area contributed by atoms with Crippen molar-refractivity contribution in [3.63, 3.8) is 0 Å². The van der Waals surface area contributed by atoms with Gasteiger partial charge in [-0.2, -0.15) is 5.10 Å². The molecule has 1 unspecified atom stereocenters. The first-order valence-corrected chi connectivity index (χ1v) is 9.68. The number of aromatic amines is 1. The van der Waals surface area contributed by atoms with Crippen molar-refractivity contribution in [2.45, 2.75) is 12.6 Å². The van der Waals surface area contributed by atoms with E-state index in [1.54, 1.807) is 0 Å². The summed E-state index contributed by atoms with van der Waals surface area (Å²) in [7, 11) is 2.21. The van der Waals surface area contributed by atoms with Crippen molar-refractivity contribution in [1.29, 1.82) is 0 Å². The van der Waals surface area contributed by atoms with Gasteiger partial charge in [-0.3, -0.25) is 14.9 Å². The van der Waals surface area contributed by atoms with Gasteiger partial charge in [-0.25, -0.2) is 0 Å². The van der Waals surface area contributed by atoms with Crippen molar-refractivity contribution in [3.8, 4) is 22.8 Å².